The fourth-order valence-corrected chi connectivity index (χ4v) is 3.66. The van der Waals surface area contributed by atoms with Crippen molar-refractivity contribution in [3.05, 3.63) is 33.8 Å². The Hall–Kier alpha value is -0.000000000000000111. The molecule has 18 heavy (non-hydrogen) atoms. The zero-order chi connectivity index (χ0) is 13.8. The minimum absolute atomic E-state index is 0.00600. The fourth-order valence-electron chi connectivity index (χ4n) is 1.49. The molecule has 0 aromatic heterocycles. The highest BCUT2D eigenvalue weighted by Crippen LogP contribution is 2.26. The summed E-state index contributed by atoms with van der Waals surface area (Å²) in [6.07, 6.45) is 0.415. The van der Waals surface area contributed by atoms with Gasteiger partial charge in [0, 0.05) is 22.0 Å². The van der Waals surface area contributed by atoms with E-state index in [0.717, 1.165) is 0 Å². The summed E-state index contributed by atoms with van der Waals surface area (Å²) in [5.74, 6) is 0.322. The van der Waals surface area contributed by atoms with Gasteiger partial charge in [0.15, 0.2) is 0 Å². The van der Waals surface area contributed by atoms with Gasteiger partial charge in [-0.05, 0) is 31.0 Å². The van der Waals surface area contributed by atoms with E-state index < -0.39 is 16.1 Å². The Morgan fingerprint density at radius 2 is 2.00 bits per heavy atom. The van der Waals surface area contributed by atoms with Crippen molar-refractivity contribution in [1.29, 1.82) is 0 Å². The van der Waals surface area contributed by atoms with E-state index >= 15 is 0 Å². The van der Waals surface area contributed by atoms with Crippen LogP contribution in [-0.2, 0) is 10.0 Å². The molecule has 1 atom stereocenters. The first-order valence-corrected chi connectivity index (χ1v) is 8.31. The molecule has 0 saturated heterocycles. The van der Waals surface area contributed by atoms with E-state index in [2.05, 4.69) is 4.72 Å². The summed E-state index contributed by atoms with van der Waals surface area (Å²) in [6, 6.07) is 4.56. The van der Waals surface area contributed by atoms with Gasteiger partial charge < -0.3 is 0 Å². The van der Waals surface area contributed by atoms with Crippen LogP contribution >= 0.6 is 34.8 Å². The van der Waals surface area contributed by atoms with Crippen LogP contribution < -0.4 is 4.72 Å². The van der Waals surface area contributed by atoms with Crippen LogP contribution in [0.4, 0.5) is 0 Å². The van der Waals surface area contributed by atoms with Crippen molar-refractivity contribution in [1.82, 2.24) is 4.72 Å². The summed E-state index contributed by atoms with van der Waals surface area (Å²) < 4.78 is 26.0. The average molecular weight is 331 g/mol. The minimum atomic E-state index is -3.34. The van der Waals surface area contributed by atoms with Crippen LogP contribution in [0.5, 0.6) is 0 Å². The van der Waals surface area contributed by atoms with Crippen LogP contribution in [0.15, 0.2) is 18.2 Å². The summed E-state index contributed by atoms with van der Waals surface area (Å²) in [5.41, 5.74) is 0.690. The zero-order valence-corrected chi connectivity index (χ0v) is 12.9. The maximum absolute atomic E-state index is 11.7. The summed E-state index contributed by atoms with van der Waals surface area (Å²) in [7, 11) is -3.34. The highest BCUT2D eigenvalue weighted by Gasteiger charge is 2.17. The molecule has 7 heteroatoms. The van der Waals surface area contributed by atoms with Crippen molar-refractivity contribution in [2.45, 2.75) is 19.4 Å². The van der Waals surface area contributed by atoms with Gasteiger partial charge in [0.2, 0.25) is 10.0 Å². The Morgan fingerprint density at radius 3 is 2.56 bits per heavy atom. The third kappa shape index (κ3) is 4.94. The Bertz CT molecular complexity index is 505. The smallest absolute Gasteiger partial charge is 0.212 e. The molecule has 0 aliphatic heterocycles. The van der Waals surface area contributed by atoms with Gasteiger partial charge in [0.05, 0.1) is 5.75 Å². The van der Waals surface area contributed by atoms with Crippen molar-refractivity contribution in [3.8, 4) is 0 Å². The molecular weight excluding hydrogens is 317 g/mol. The first-order chi connectivity index (χ1) is 8.35. The largest absolute Gasteiger partial charge is 0.212 e. The number of benzene rings is 1. The lowest BCUT2D eigenvalue weighted by Gasteiger charge is -2.16. The molecule has 1 aromatic carbocycles. The normalized spacial score (nSPS) is 13.6. The summed E-state index contributed by atoms with van der Waals surface area (Å²) >= 11 is 17.3. The predicted molar refractivity (Wildman–Crippen MR) is 77.1 cm³/mol. The molecular formula is C11H14Cl3NO2S. The van der Waals surface area contributed by atoms with Gasteiger partial charge in [-0.25, -0.2) is 13.1 Å². The molecule has 0 heterocycles. The number of nitrogens with one attached hydrogen (secondary N) is 1. The third-order valence-electron chi connectivity index (χ3n) is 2.33. The number of halogens is 3. The lowest BCUT2D eigenvalue weighted by Crippen LogP contribution is -2.29. The number of hydrogen-bond donors (Lipinski definition) is 1. The fraction of sp³-hybridized carbons (Fsp3) is 0.455. The van der Waals surface area contributed by atoms with E-state index in [1.54, 1.807) is 25.1 Å². The Morgan fingerprint density at radius 1 is 1.33 bits per heavy atom. The molecule has 1 N–H and O–H groups in total. The minimum Gasteiger partial charge on any atom is -0.212 e. The third-order valence-corrected chi connectivity index (χ3v) is 4.70. The topological polar surface area (TPSA) is 46.2 Å². The second kappa shape index (κ2) is 6.96. The second-order valence-electron chi connectivity index (χ2n) is 3.87. The van der Waals surface area contributed by atoms with Crippen LogP contribution in [0.3, 0.4) is 0 Å². The van der Waals surface area contributed by atoms with E-state index in [1.165, 1.54) is 0 Å². The van der Waals surface area contributed by atoms with E-state index in [9.17, 15) is 8.42 Å². The lowest BCUT2D eigenvalue weighted by molar-refractivity contribution is 0.566. The summed E-state index contributed by atoms with van der Waals surface area (Å²) in [5, 5.41) is 0.955. The first-order valence-electron chi connectivity index (χ1n) is 5.36. The van der Waals surface area contributed by atoms with Gasteiger partial charge in [-0.2, -0.15) is 0 Å². The number of alkyl halides is 1. The van der Waals surface area contributed by atoms with E-state index in [-0.39, 0.29) is 5.75 Å². The van der Waals surface area contributed by atoms with Gasteiger partial charge in [0.25, 0.3) is 0 Å². The molecule has 0 aliphatic carbocycles. The molecule has 0 spiro atoms. The summed E-state index contributed by atoms with van der Waals surface area (Å²) in [6.45, 7) is 1.73. The van der Waals surface area contributed by atoms with E-state index in [4.69, 9.17) is 34.8 Å². The van der Waals surface area contributed by atoms with Gasteiger partial charge in [-0.3, -0.25) is 0 Å². The van der Waals surface area contributed by atoms with Crippen molar-refractivity contribution in [3.63, 3.8) is 0 Å². The molecule has 0 bridgehead atoms. The molecule has 1 aromatic rings. The lowest BCUT2D eigenvalue weighted by atomic mass is 10.1. The van der Waals surface area contributed by atoms with Gasteiger partial charge in [-0.1, -0.05) is 29.3 Å². The van der Waals surface area contributed by atoms with Crippen LogP contribution in [0.25, 0.3) is 0 Å². The Balaban J connectivity index is 2.79. The van der Waals surface area contributed by atoms with E-state index in [1.807, 2.05) is 0 Å². The SMILES string of the molecule is CC(NS(=O)(=O)CCCCl)c1ccc(Cl)cc1Cl. The van der Waals surface area contributed by atoms with Crippen molar-refractivity contribution in [2.75, 3.05) is 11.6 Å². The molecule has 0 radical (unpaired) electrons. The van der Waals surface area contributed by atoms with Crippen molar-refractivity contribution in [2.24, 2.45) is 0 Å². The van der Waals surface area contributed by atoms with Gasteiger partial charge in [0.1, 0.15) is 0 Å². The average Bonchev–Trinajstić information content (AvgIpc) is 2.25. The van der Waals surface area contributed by atoms with Gasteiger partial charge in [-0.15, -0.1) is 11.6 Å². The molecule has 0 fully saturated rings. The Labute approximate surface area is 122 Å². The zero-order valence-electron chi connectivity index (χ0n) is 9.79. The molecule has 0 amide bonds. The number of hydrogen-bond acceptors (Lipinski definition) is 2. The molecule has 1 rings (SSSR count). The summed E-state index contributed by atoms with van der Waals surface area (Å²) in [4.78, 5) is 0. The van der Waals surface area contributed by atoms with Gasteiger partial charge >= 0.3 is 0 Å². The van der Waals surface area contributed by atoms with Crippen molar-refractivity contribution < 1.29 is 8.42 Å². The standard InChI is InChI=1S/C11H14Cl3NO2S/c1-8(15-18(16,17)6-2-5-12)10-4-3-9(13)7-11(10)14/h3-4,7-8,15H,2,5-6H2,1H3. The molecule has 102 valence electrons. The van der Waals surface area contributed by atoms with Crippen molar-refractivity contribution >= 4 is 44.8 Å². The van der Waals surface area contributed by atoms with Crippen LogP contribution in [-0.4, -0.2) is 20.1 Å². The predicted octanol–water partition coefficient (Wildman–Crippen LogP) is 3.60. The second-order valence-corrected chi connectivity index (χ2v) is 6.96. The van der Waals surface area contributed by atoms with Crippen LogP contribution in [0.2, 0.25) is 10.0 Å². The molecule has 0 aliphatic rings. The quantitative estimate of drug-likeness (QED) is 0.810. The first kappa shape index (κ1) is 16.1. The molecule has 0 saturated carbocycles. The number of rotatable bonds is 6. The maximum Gasteiger partial charge on any atom is 0.212 e. The highest BCUT2D eigenvalue weighted by atomic mass is 35.5. The maximum atomic E-state index is 11.7. The van der Waals surface area contributed by atoms with E-state index in [0.29, 0.717) is 27.9 Å². The molecule has 1 unspecified atom stereocenters. The van der Waals surface area contributed by atoms with Crippen LogP contribution in [0.1, 0.15) is 24.9 Å². The monoisotopic (exact) mass is 329 g/mol. The van der Waals surface area contributed by atoms with Crippen LogP contribution in [0, 0.1) is 0 Å². The highest BCUT2D eigenvalue weighted by molar-refractivity contribution is 7.89. The molecule has 3 nitrogen and oxygen atoms in total. The number of sulfonamides is 1. The Kier molecular flexibility index (Phi) is 6.21.